The molecular formula is C14H20ClFN2O2. The summed E-state index contributed by atoms with van der Waals surface area (Å²) in [5, 5.41) is 9.99. The van der Waals surface area contributed by atoms with Crippen LogP contribution in [0.1, 0.15) is 6.42 Å². The van der Waals surface area contributed by atoms with Gasteiger partial charge in [0.05, 0.1) is 5.02 Å². The average molecular weight is 303 g/mol. The molecule has 4 nitrogen and oxygen atoms in total. The van der Waals surface area contributed by atoms with E-state index in [1.54, 1.807) is 6.07 Å². The summed E-state index contributed by atoms with van der Waals surface area (Å²) in [6.45, 7) is 3.24. The fourth-order valence-electron chi connectivity index (χ4n) is 2.38. The minimum Gasteiger partial charge on any atom is -0.491 e. The van der Waals surface area contributed by atoms with Crippen molar-refractivity contribution in [2.45, 2.75) is 12.5 Å². The highest BCUT2D eigenvalue weighted by Gasteiger charge is 2.23. The van der Waals surface area contributed by atoms with Gasteiger partial charge in [-0.3, -0.25) is 0 Å². The molecule has 6 heteroatoms. The Hall–Kier alpha value is -0.880. The molecule has 1 aromatic rings. The minimum absolute atomic E-state index is 0.0581. The summed E-state index contributed by atoms with van der Waals surface area (Å²) >= 11 is 5.59. The molecule has 1 aliphatic rings. The zero-order valence-electron chi connectivity index (χ0n) is 11.3. The first-order chi connectivity index (χ1) is 9.58. The lowest BCUT2D eigenvalue weighted by atomic mass is 10.1. The Morgan fingerprint density at radius 3 is 3.00 bits per heavy atom. The highest BCUT2D eigenvalue weighted by molar-refractivity contribution is 6.30. The van der Waals surface area contributed by atoms with E-state index in [0.29, 0.717) is 24.8 Å². The molecule has 20 heavy (non-hydrogen) atoms. The number of nitrogens with two attached hydrogens (primary N) is 1. The largest absolute Gasteiger partial charge is 0.491 e. The van der Waals surface area contributed by atoms with Gasteiger partial charge in [-0.05, 0) is 37.6 Å². The number of halogens is 2. The van der Waals surface area contributed by atoms with E-state index in [4.69, 9.17) is 22.1 Å². The molecule has 1 aliphatic heterocycles. The first-order valence-electron chi connectivity index (χ1n) is 6.77. The van der Waals surface area contributed by atoms with Crippen LogP contribution in [0.5, 0.6) is 5.75 Å². The molecule has 2 rings (SSSR count). The van der Waals surface area contributed by atoms with Crippen molar-refractivity contribution < 1.29 is 14.2 Å². The standard InChI is InChI=1S/C14H20ClFN2O2/c15-13-2-1-12(5-14(13)16)20-9-11(19)8-18-4-3-10(6-17)7-18/h1-2,5,10-11,19H,3-4,6-9,17H2. The molecule has 1 aromatic carbocycles. The molecule has 2 atom stereocenters. The van der Waals surface area contributed by atoms with Crippen molar-refractivity contribution in [3.63, 3.8) is 0 Å². The molecule has 1 saturated heterocycles. The van der Waals surface area contributed by atoms with Crippen LogP contribution in [0.25, 0.3) is 0 Å². The van der Waals surface area contributed by atoms with E-state index < -0.39 is 11.9 Å². The van der Waals surface area contributed by atoms with Crippen LogP contribution in [0.15, 0.2) is 18.2 Å². The quantitative estimate of drug-likeness (QED) is 0.836. The second kappa shape index (κ2) is 7.22. The summed E-state index contributed by atoms with van der Waals surface area (Å²) < 4.78 is 18.6. The lowest BCUT2D eigenvalue weighted by molar-refractivity contribution is 0.0746. The lowest BCUT2D eigenvalue weighted by Gasteiger charge is -2.20. The topological polar surface area (TPSA) is 58.7 Å². The SMILES string of the molecule is NCC1CCN(CC(O)COc2ccc(Cl)c(F)c2)C1. The average Bonchev–Trinajstić information content (AvgIpc) is 2.88. The Morgan fingerprint density at radius 2 is 2.35 bits per heavy atom. The molecule has 0 saturated carbocycles. The summed E-state index contributed by atoms with van der Waals surface area (Å²) in [4.78, 5) is 2.17. The molecular weight excluding hydrogens is 283 g/mol. The molecule has 112 valence electrons. The molecule has 0 amide bonds. The van der Waals surface area contributed by atoms with Gasteiger partial charge in [0.15, 0.2) is 0 Å². The van der Waals surface area contributed by atoms with E-state index in [1.165, 1.54) is 12.1 Å². The predicted octanol–water partition coefficient (Wildman–Crippen LogP) is 1.50. The van der Waals surface area contributed by atoms with Crippen molar-refractivity contribution in [3.8, 4) is 5.75 Å². The first kappa shape index (κ1) is 15.5. The van der Waals surface area contributed by atoms with Crippen LogP contribution in [0.3, 0.4) is 0 Å². The van der Waals surface area contributed by atoms with Gasteiger partial charge < -0.3 is 20.5 Å². The maximum Gasteiger partial charge on any atom is 0.145 e. The summed E-state index contributed by atoms with van der Waals surface area (Å²) in [5.74, 6) is 0.365. The normalized spacial score (nSPS) is 21.1. The number of hydrogen-bond acceptors (Lipinski definition) is 4. The highest BCUT2D eigenvalue weighted by Crippen LogP contribution is 2.20. The van der Waals surface area contributed by atoms with Gasteiger partial charge in [-0.25, -0.2) is 4.39 Å². The van der Waals surface area contributed by atoms with Crippen molar-refractivity contribution in [2.75, 3.05) is 32.8 Å². The molecule has 1 heterocycles. The van der Waals surface area contributed by atoms with Crippen LogP contribution in [0.2, 0.25) is 5.02 Å². The van der Waals surface area contributed by atoms with Gasteiger partial charge in [-0.1, -0.05) is 11.6 Å². The van der Waals surface area contributed by atoms with Gasteiger partial charge in [0.1, 0.15) is 24.3 Å². The number of aliphatic hydroxyl groups excluding tert-OH is 1. The fourth-order valence-corrected chi connectivity index (χ4v) is 2.50. The summed E-state index contributed by atoms with van der Waals surface area (Å²) in [6.07, 6.45) is 0.470. The van der Waals surface area contributed by atoms with E-state index in [-0.39, 0.29) is 11.6 Å². The van der Waals surface area contributed by atoms with Crippen LogP contribution < -0.4 is 10.5 Å². The zero-order chi connectivity index (χ0) is 14.5. The van der Waals surface area contributed by atoms with Crippen molar-refractivity contribution in [3.05, 3.63) is 29.0 Å². The van der Waals surface area contributed by atoms with Crippen molar-refractivity contribution in [1.82, 2.24) is 4.90 Å². The Bertz CT molecular complexity index is 447. The number of rotatable bonds is 6. The number of aliphatic hydroxyl groups is 1. The van der Waals surface area contributed by atoms with E-state index in [0.717, 1.165) is 19.5 Å². The number of likely N-dealkylation sites (tertiary alicyclic amines) is 1. The zero-order valence-corrected chi connectivity index (χ0v) is 12.0. The summed E-state index contributed by atoms with van der Waals surface area (Å²) in [6, 6.07) is 4.23. The number of β-amino-alcohol motifs (C(OH)–C–C–N with tert-alkyl or cyclic N) is 1. The second-order valence-electron chi connectivity index (χ2n) is 5.19. The third kappa shape index (κ3) is 4.31. The van der Waals surface area contributed by atoms with E-state index in [2.05, 4.69) is 4.90 Å². The molecule has 0 aromatic heterocycles. The summed E-state index contributed by atoms with van der Waals surface area (Å²) in [5.41, 5.74) is 5.63. The third-order valence-electron chi connectivity index (χ3n) is 3.51. The van der Waals surface area contributed by atoms with Gasteiger partial charge >= 0.3 is 0 Å². The maximum atomic E-state index is 13.2. The Labute approximate surface area is 123 Å². The molecule has 3 N–H and O–H groups in total. The second-order valence-corrected chi connectivity index (χ2v) is 5.60. The van der Waals surface area contributed by atoms with Gasteiger partial charge in [-0.2, -0.15) is 0 Å². The van der Waals surface area contributed by atoms with Crippen molar-refractivity contribution in [1.29, 1.82) is 0 Å². The fraction of sp³-hybridized carbons (Fsp3) is 0.571. The smallest absolute Gasteiger partial charge is 0.145 e. The van der Waals surface area contributed by atoms with Gasteiger partial charge in [0.2, 0.25) is 0 Å². The van der Waals surface area contributed by atoms with Gasteiger partial charge in [0.25, 0.3) is 0 Å². The van der Waals surface area contributed by atoms with Crippen LogP contribution in [-0.2, 0) is 0 Å². The number of nitrogens with zero attached hydrogens (tertiary/aromatic N) is 1. The monoisotopic (exact) mass is 302 g/mol. The Morgan fingerprint density at radius 1 is 1.55 bits per heavy atom. The minimum atomic E-state index is -0.606. The maximum absolute atomic E-state index is 13.2. The van der Waals surface area contributed by atoms with Crippen molar-refractivity contribution >= 4 is 11.6 Å². The number of ether oxygens (including phenoxy) is 1. The van der Waals surface area contributed by atoms with Gasteiger partial charge in [0, 0.05) is 19.2 Å². The number of hydrogen-bond donors (Lipinski definition) is 2. The lowest BCUT2D eigenvalue weighted by Crippen LogP contribution is -2.34. The van der Waals surface area contributed by atoms with Gasteiger partial charge in [-0.15, -0.1) is 0 Å². The summed E-state index contributed by atoms with van der Waals surface area (Å²) in [7, 11) is 0. The van der Waals surface area contributed by atoms with E-state index in [9.17, 15) is 9.50 Å². The Balaban J connectivity index is 1.74. The molecule has 0 spiro atoms. The molecule has 0 bridgehead atoms. The van der Waals surface area contributed by atoms with E-state index >= 15 is 0 Å². The molecule has 0 aliphatic carbocycles. The predicted molar refractivity (Wildman–Crippen MR) is 76.5 cm³/mol. The highest BCUT2D eigenvalue weighted by atomic mass is 35.5. The molecule has 1 fully saturated rings. The van der Waals surface area contributed by atoms with Crippen LogP contribution in [0, 0.1) is 11.7 Å². The van der Waals surface area contributed by atoms with Crippen LogP contribution in [0.4, 0.5) is 4.39 Å². The number of benzene rings is 1. The Kier molecular flexibility index (Phi) is 5.60. The van der Waals surface area contributed by atoms with Crippen molar-refractivity contribution in [2.24, 2.45) is 11.7 Å². The van der Waals surface area contributed by atoms with Crippen LogP contribution in [-0.4, -0.2) is 48.9 Å². The van der Waals surface area contributed by atoms with Crippen LogP contribution >= 0.6 is 11.6 Å². The first-order valence-corrected chi connectivity index (χ1v) is 7.14. The third-order valence-corrected chi connectivity index (χ3v) is 3.81. The molecule has 2 unspecified atom stereocenters. The molecule has 0 radical (unpaired) electrons. The van der Waals surface area contributed by atoms with E-state index in [1.807, 2.05) is 0 Å².